The Morgan fingerprint density at radius 1 is 1.50 bits per heavy atom. The summed E-state index contributed by atoms with van der Waals surface area (Å²) in [7, 11) is 0. The highest BCUT2D eigenvalue weighted by atomic mass is 19.1. The lowest BCUT2D eigenvalue weighted by Gasteiger charge is -2.15. The molecule has 20 heavy (non-hydrogen) atoms. The molecule has 0 radical (unpaired) electrons. The number of aliphatic hydroxyl groups excluding tert-OH is 1. The molecular weight excluding hydrogens is 263 g/mol. The minimum atomic E-state index is -0.801. The molecule has 1 fully saturated rings. The number of ether oxygens (including phenoxy) is 1. The van der Waals surface area contributed by atoms with Gasteiger partial charge in [-0.05, 0) is 43.7 Å². The summed E-state index contributed by atoms with van der Waals surface area (Å²) in [5.41, 5.74) is 0. The van der Waals surface area contributed by atoms with Gasteiger partial charge in [0, 0.05) is 6.54 Å². The van der Waals surface area contributed by atoms with Crippen LogP contribution in [0, 0.1) is 5.82 Å². The molecule has 3 N–H and O–H groups in total. The van der Waals surface area contributed by atoms with Crippen molar-refractivity contribution in [3.8, 4) is 5.75 Å². The minimum absolute atomic E-state index is 0.0456. The van der Waals surface area contributed by atoms with Crippen LogP contribution < -0.4 is 15.4 Å². The Labute approximate surface area is 117 Å². The highest BCUT2D eigenvalue weighted by Gasteiger charge is 2.22. The fourth-order valence-electron chi connectivity index (χ4n) is 2.03. The predicted octanol–water partition coefficient (Wildman–Crippen LogP) is 0.434. The highest BCUT2D eigenvalue weighted by molar-refractivity contribution is 5.81. The van der Waals surface area contributed by atoms with Crippen molar-refractivity contribution < 1.29 is 19.0 Å². The number of benzene rings is 1. The van der Waals surface area contributed by atoms with E-state index < -0.39 is 6.10 Å². The maximum Gasteiger partial charge on any atom is 0.237 e. The van der Waals surface area contributed by atoms with Gasteiger partial charge in [-0.15, -0.1) is 0 Å². The number of amides is 1. The fraction of sp³-hybridized carbons (Fsp3) is 0.500. The van der Waals surface area contributed by atoms with Crippen molar-refractivity contribution in [1.82, 2.24) is 10.6 Å². The average molecular weight is 282 g/mol. The SMILES string of the molecule is O=C(NCC(O)COc1ccc(F)cc1)C1CCCN1. The van der Waals surface area contributed by atoms with E-state index in [0.29, 0.717) is 5.75 Å². The Bertz CT molecular complexity index is 433. The molecule has 2 atom stereocenters. The molecule has 0 aliphatic carbocycles. The summed E-state index contributed by atoms with van der Waals surface area (Å²) in [6.45, 7) is 1.04. The molecular formula is C14H19FN2O3. The third kappa shape index (κ3) is 4.47. The Hall–Kier alpha value is -1.66. The van der Waals surface area contributed by atoms with Crippen LogP contribution >= 0.6 is 0 Å². The number of halogens is 1. The number of nitrogens with one attached hydrogen (secondary N) is 2. The van der Waals surface area contributed by atoms with Gasteiger partial charge in [-0.1, -0.05) is 0 Å². The molecule has 0 saturated carbocycles. The summed E-state index contributed by atoms with van der Waals surface area (Å²) in [4.78, 5) is 11.7. The van der Waals surface area contributed by atoms with Crippen LogP contribution in [0.5, 0.6) is 5.75 Å². The topological polar surface area (TPSA) is 70.6 Å². The van der Waals surface area contributed by atoms with Crippen molar-refractivity contribution in [2.45, 2.75) is 25.0 Å². The van der Waals surface area contributed by atoms with Gasteiger partial charge in [0.05, 0.1) is 6.04 Å². The van der Waals surface area contributed by atoms with Crippen LogP contribution in [0.25, 0.3) is 0 Å². The summed E-state index contributed by atoms with van der Waals surface area (Å²) >= 11 is 0. The molecule has 1 amide bonds. The van der Waals surface area contributed by atoms with E-state index in [2.05, 4.69) is 10.6 Å². The van der Waals surface area contributed by atoms with E-state index in [9.17, 15) is 14.3 Å². The third-order valence-corrected chi connectivity index (χ3v) is 3.14. The summed E-state index contributed by atoms with van der Waals surface area (Å²) < 4.78 is 18.0. The average Bonchev–Trinajstić information content (AvgIpc) is 2.98. The normalized spacial score (nSPS) is 19.6. The summed E-state index contributed by atoms with van der Waals surface area (Å²) in [5.74, 6) is 0.0480. The van der Waals surface area contributed by atoms with Crippen LogP contribution in [0.2, 0.25) is 0 Å². The zero-order chi connectivity index (χ0) is 14.4. The van der Waals surface area contributed by atoms with Crippen LogP contribution in [0.15, 0.2) is 24.3 Å². The first-order valence-electron chi connectivity index (χ1n) is 6.72. The van der Waals surface area contributed by atoms with E-state index in [-0.39, 0.29) is 30.9 Å². The van der Waals surface area contributed by atoms with Crippen LogP contribution in [0.1, 0.15) is 12.8 Å². The number of hydrogen-bond donors (Lipinski definition) is 3. The van der Waals surface area contributed by atoms with Gasteiger partial charge in [0.1, 0.15) is 24.3 Å². The van der Waals surface area contributed by atoms with Crippen molar-refractivity contribution >= 4 is 5.91 Å². The number of carbonyl (C=O) groups is 1. The third-order valence-electron chi connectivity index (χ3n) is 3.14. The largest absolute Gasteiger partial charge is 0.491 e. The maximum atomic E-state index is 12.7. The van der Waals surface area contributed by atoms with Crippen molar-refractivity contribution in [3.63, 3.8) is 0 Å². The van der Waals surface area contributed by atoms with E-state index >= 15 is 0 Å². The molecule has 110 valence electrons. The Kier molecular flexibility index (Phi) is 5.31. The summed E-state index contributed by atoms with van der Waals surface area (Å²) in [6.07, 6.45) is 1.02. The molecule has 1 saturated heterocycles. The molecule has 5 nitrogen and oxygen atoms in total. The van der Waals surface area contributed by atoms with Crippen LogP contribution in [0.3, 0.4) is 0 Å². The van der Waals surface area contributed by atoms with E-state index in [1.54, 1.807) is 0 Å². The van der Waals surface area contributed by atoms with Crippen LogP contribution in [-0.4, -0.2) is 42.9 Å². The first kappa shape index (κ1) is 14.7. The maximum absolute atomic E-state index is 12.7. The van der Waals surface area contributed by atoms with Gasteiger partial charge in [0.25, 0.3) is 0 Å². The lowest BCUT2D eigenvalue weighted by Crippen LogP contribution is -2.44. The van der Waals surface area contributed by atoms with Gasteiger partial charge in [-0.2, -0.15) is 0 Å². The number of rotatable bonds is 6. The molecule has 1 aliphatic rings. The lowest BCUT2D eigenvalue weighted by atomic mass is 10.2. The molecule has 2 rings (SSSR count). The van der Waals surface area contributed by atoms with Gasteiger partial charge in [-0.3, -0.25) is 4.79 Å². The van der Waals surface area contributed by atoms with Gasteiger partial charge in [0.2, 0.25) is 5.91 Å². The van der Waals surface area contributed by atoms with E-state index in [4.69, 9.17) is 4.74 Å². The van der Waals surface area contributed by atoms with Gasteiger partial charge in [0.15, 0.2) is 0 Å². The Morgan fingerprint density at radius 2 is 2.25 bits per heavy atom. The van der Waals surface area contributed by atoms with Gasteiger partial charge < -0.3 is 20.5 Å². The van der Waals surface area contributed by atoms with Crippen molar-refractivity contribution in [2.75, 3.05) is 19.7 Å². The van der Waals surface area contributed by atoms with Crippen molar-refractivity contribution in [2.24, 2.45) is 0 Å². The van der Waals surface area contributed by atoms with Crippen LogP contribution in [-0.2, 0) is 4.79 Å². The predicted molar refractivity (Wildman–Crippen MR) is 71.9 cm³/mol. The molecule has 1 aromatic rings. The van der Waals surface area contributed by atoms with E-state index in [1.807, 2.05) is 0 Å². The molecule has 0 aromatic heterocycles. The quantitative estimate of drug-likeness (QED) is 0.708. The number of aliphatic hydroxyl groups is 1. The van der Waals surface area contributed by atoms with Gasteiger partial charge >= 0.3 is 0 Å². The van der Waals surface area contributed by atoms with Crippen molar-refractivity contribution in [3.05, 3.63) is 30.1 Å². The molecule has 1 aliphatic heterocycles. The molecule has 0 spiro atoms. The standard InChI is InChI=1S/C14H19FN2O3/c15-10-3-5-12(6-4-10)20-9-11(18)8-17-14(19)13-2-1-7-16-13/h3-6,11,13,16,18H,1-2,7-9H2,(H,17,19). The smallest absolute Gasteiger partial charge is 0.237 e. The summed E-state index contributed by atoms with van der Waals surface area (Å²) in [5, 5.41) is 15.5. The van der Waals surface area contributed by atoms with E-state index in [1.165, 1.54) is 24.3 Å². The second kappa shape index (κ2) is 7.21. The molecule has 1 aromatic carbocycles. The molecule has 2 unspecified atom stereocenters. The lowest BCUT2D eigenvalue weighted by molar-refractivity contribution is -0.123. The number of carbonyl (C=O) groups excluding carboxylic acids is 1. The van der Waals surface area contributed by atoms with Crippen LogP contribution in [0.4, 0.5) is 4.39 Å². The highest BCUT2D eigenvalue weighted by Crippen LogP contribution is 2.11. The Morgan fingerprint density at radius 3 is 2.90 bits per heavy atom. The zero-order valence-corrected chi connectivity index (χ0v) is 11.1. The number of hydrogen-bond acceptors (Lipinski definition) is 4. The van der Waals surface area contributed by atoms with Gasteiger partial charge in [-0.25, -0.2) is 4.39 Å². The second-order valence-corrected chi connectivity index (χ2v) is 4.81. The van der Waals surface area contributed by atoms with Crippen molar-refractivity contribution in [1.29, 1.82) is 0 Å². The molecule has 0 bridgehead atoms. The molecule has 1 heterocycles. The second-order valence-electron chi connectivity index (χ2n) is 4.81. The first-order chi connectivity index (χ1) is 9.65. The first-order valence-corrected chi connectivity index (χ1v) is 6.72. The minimum Gasteiger partial charge on any atom is -0.491 e. The fourth-order valence-corrected chi connectivity index (χ4v) is 2.03. The molecule has 6 heteroatoms. The Balaban J connectivity index is 1.66. The summed E-state index contributed by atoms with van der Waals surface area (Å²) in [6, 6.07) is 5.40. The zero-order valence-electron chi connectivity index (χ0n) is 11.1. The monoisotopic (exact) mass is 282 g/mol. The van der Waals surface area contributed by atoms with E-state index in [0.717, 1.165) is 19.4 Å².